The molecule has 0 saturated heterocycles. The SMILES string of the molecule is Cn1c(=O)c2c(nc3n(-c4ccc(C(F)(F)F)cc4)c(-c4ccccc4)cn23)n(C)c1=O. The maximum atomic E-state index is 13.1. The number of rotatable bonds is 2. The van der Waals surface area contributed by atoms with Crippen molar-refractivity contribution < 1.29 is 13.2 Å². The molecule has 0 unspecified atom stereocenters. The number of hydrogen-bond acceptors (Lipinski definition) is 3. The summed E-state index contributed by atoms with van der Waals surface area (Å²) in [5.74, 6) is 0.303. The van der Waals surface area contributed by atoms with Crippen LogP contribution in [0.3, 0.4) is 0 Å². The average molecular weight is 439 g/mol. The van der Waals surface area contributed by atoms with Crippen LogP contribution in [-0.4, -0.2) is 23.1 Å². The zero-order valence-corrected chi connectivity index (χ0v) is 17.0. The Morgan fingerprint density at radius 1 is 0.875 bits per heavy atom. The van der Waals surface area contributed by atoms with Gasteiger partial charge in [0.15, 0.2) is 11.2 Å². The second-order valence-corrected chi connectivity index (χ2v) is 7.42. The molecule has 7 nitrogen and oxygen atoms in total. The van der Waals surface area contributed by atoms with Crippen molar-refractivity contribution in [3.63, 3.8) is 0 Å². The minimum Gasteiger partial charge on any atom is -0.279 e. The molecule has 32 heavy (non-hydrogen) atoms. The molecule has 5 aromatic rings. The molecule has 3 heterocycles. The monoisotopic (exact) mass is 439 g/mol. The summed E-state index contributed by atoms with van der Waals surface area (Å²) in [5.41, 5.74) is 0.436. The molecular weight excluding hydrogens is 423 g/mol. The molecule has 2 aromatic carbocycles. The molecule has 0 spiro atoms. The largest absolute Gasteiger partial charge is 0.416 e. The molecule has 0 aliphatic heterocycles. The summed E-state index contributed by atoms with van der Waals surface area (Å²) in [4.78, 5) is 29.7. The van der Waals surface area contributed by atoms with E-state index in [9.17, 15) is 22.8 Å². The van der Waals surface area contributed by atoms with Gasteiger partial charge in [0, 0.05) is 31.5 Å². The first-order valence-corrected chi connectivity index (χ1v) is 9.61. The van der Waals surface area contributed by atoms with Crippen LogP contribution >= 0.6 is 0 Å². The quantitative estimate of drug-likeness (QED) is 0.424. The summed E-state index contributed by atoms with van der Waals surface area (Å²) < 4.78 is 44.7. The van der Waals surface area contributed by atoms with Crippen LogP contribution in [0.25, 0.3) is 33.9 Å². The van der Waals surface area contributed by atoms with Crippen molar-refractivity contribution in [2.75, 3.05) is 0 Å². The van der Waals surface area contributed by atoms with Gasteiger partial charge in [-0.3, -0.25) is 22.9 Å². The Balaban J connectivity index is 1.89. The Labute approximate surface area is 178 Å². The van der Waals surface area contributed by atoms with Crippen molar-refractivity contribution in [2.24, 2.45) is 14.1 Å². The van der Waals surface area contributed by atoms with Crippen LogP contribution < -0.4 is 11.2 Å². The van der Waals surface area contributed by atoms with Crippen LogP contribution in [0.5, 0.6) is 0 Å². The van der Waals surface area contributed by atoms with Crippen LogP contribution in [-0.2, 0) is 20.3 Å². The van der Waals surface area contributed by atoms with E-state index in [4.69, 9.17) is 0 Å². The molecule has 0 saturated carbocycles. The maximum Gasteiger partial charge on any atom is 0.416 e. The first kappa shape index (κ1) is 19.9. The van der Waals surface area contributed by atoms with Crippen molar-refractivity contribution in [1.82, 2.24) is 23.1 Å². The second kappa shape index (κ2) is 6.71. The zero-order valence-electron chi connectivity index (χ0n) is 17.0. The van der Waals surface area contributed by atoms with E-state index in [2.05, 4.69) is 4.98 Å². The highest BCUT2D eigenvalue weighted by molar-refractivity contribution is 5.79. The summed E-state index contributed by atoms with van der Waals surface area (Å²) >= 11 is 0. The Morgan fingerprint density at radius 3 is 2.16 bits per heavy atom. The summed E-state index contributed by atoms with van der Waals surface area (Å²) in [6.07, 6.45) is -2.76. The van der Waals surface area contributed by atoms with Crippen molar-refractivity contribution in [2.45, 2.75) is 6.18 Å². The fourth-order valence-corrected chi connectivity index (χ4v) is 3.84. The van der Waals surface area contributed by atoms with Gasteiger partial charge in [-0.2, -0.15) is 18.2 Å². The Bertz CT molecular complexity index is 1600. The summed E-state index contributed by atoms with van der Waals surface area (Å²) in [7, 11) is 2.89. The molecule has 10 heteroatoms. The van der Waals surface area contributed by atoms with Crippen LogP contribution in [0.15, 0.2) is 70.4 Å². The van der Waals surface area contributed by atoms with Crippen LogP contribution in [0, 0.1) is 0 Å². The van der Waals surface area contributed by atoms with E-state index < -0.39 is 23.0 Å². The Hall–Kier alpha value is -4.08. The lowest BCUT2D eigenvalue weighted by molar-refractivity contribution is -0.137. The van der Waals surface area contributed by atoms with E-state index in [1.54, 1.807) is 15.2 Å². The van der Waals surface area contributed by atoms with Gasteiger partial charge in [0.2, 0.25) is 5.78 Å². The molecule has 0 aliphatic rings. The van der Waals surface area contributed by atoms with Gasteiger partial charge in [-0.25, -0.2) is 4.79 Å². The van der Waals surface area contributed by atoms with Crippen molar-refractivity contribution in [3.8, 4) is 16.9 Å². The van der Waals surface area contributed by atoms with Crippen molar-refractivity contribution in [3.05, 3.63) is 87.2 Å². The van der Waals surface area contributed by atoms with E-state index in [1.165, 1.54) is 30.8 Å². The second-order valence-electron chi connectivity index (χ2n) is 7.42. The third-order valence-electron chi connectivity index (χ3n) is 5.49. The van der Waals surface area contributed by atoms with Crippen molar-refractivity contribution >= 4 is 16.9 Å². The highest BCUT2D eigenvalue weighted by atomic mass is 19.4. The molecule has 0 aliphatic carbocycles. The van der Waals surface area contributed by atoms with Crippen LogP contribution in [0.1, 0.15) is 5.56 Å². The average Bonchev–Trinajstić information content (AvgIpc) is 3.33. The van der Waals surface area contributed by atoms with E-state index in [0.717, 1.165) is 22.3 Å². The molecule has 0 fully saturated rings. The molecule has 3 aromatic heterocycles. The first-order chi connectivity index (χ1) is 15.2. The molecule has 162 valence electrons. The molecule has 5 rings (SSSR count). The standard InChI is InChI=1S/C22H16F3N5O2/c1-27-18-17(19(31)28(2)21(27)32)29-12-16(13-6-4-3-5-7-13)30(20(29)26-18)15-10-8-14(9-11-15)22(23,24)25/h3-12H,1-2H3. The zero-order chi connectivity index (χ0) is 22.8. The van der Waals surface area contributed by atoms with Gasteiger partial charge in [-0.05, 0) is 24.3 Å². The highest BCUT2D eigenvalue weighted by Gasteiger charge is 2.30. The number of fused-ring (bicyclic) bond motifs is 3. The number of aryl methyl sites for hydroxylation is 1. The van der Waals surface area contributed by atoms with E-state index in [1.807, 2.05) is 30.3 Å². The summed E-state index contributed by atoms with van der Waals surface area (Å²) in [6, 6.07) is 13.9. The van der Waals surface area contributed by atoms with Gasteiger partial charge in [0.25, 0.3) is 5.56 Å². The topological polar surface area (TPSA) is 66.2 Å². The predicted octanol–water partition coefficient (Wildman–Crippen LogP) is 3.36. The summed E-state index contributed by atoms with van der Waals surface area (Å²) in [6.45, 7) is 0. The number of nitrogens with zero attached hydrogens (tertiary/aromatic N) is 5. The number of imidazole rings is 2. The van der Waals surface area contributed by atoms with Gasteiger partial charge in [-0.15, -0.1) is 0 Å². The molecule has 0 radical (unpaired) electrons. The van der Waals surface area contributed by atoms with Gasteiger partial charge < -0.3 is 0 Å². The molecule has 0 amide bonds. The smallest absolute Gasteiger partial charge is 0.279 e. The number of hydrogen-bond donors (Lipinski definition) is 0. The highest BCUT2D eigenvalue weighted by Crippen LogP contribution is 2.32. The first-order valence-electron chi connectivity index (χ1n) is 9.61. The third kappa shape index (κ3) is 2.79. The van der Waals surface area contributed by atoms with Crippen molar-refractivity contribution in [1.29, 1.82) is 0 Å². The summed E-state index contributed by atoms with van der Waals surface area (Å²) in [5, 5.41) is 0. The third-order valence-corrected chi connectivity index (χ3v) is 5.49. The lowest BCUT2D eigenvalue weighted by Gasteiger charge is -2.11. The number of halogens is 3. The van der Waals surface area contributed by atoms with Crippen LogP contribution in [0.4, 0.5) is 13.2 Å². The number of aromatic nitrogens is 5. The molecule has 0 bridgehead atoms. The molecular formula is C22H16F3N5O2. The van der Waals surface area contributed by atoms with Gasteiger partial charge in [-0.1, -0.05) is 30.3 Å². The molecule has 0 N–H and O–H groups in total. The van der Waals surface area contributed by atoms with E-state index in [0.29, 0.717) is 17.2 Å². The fraction of sp³-hybridized carbons (Fsp3) is 0.136. The lowest BCUT2D eigenvalue weighted by atomic mass is 10.1. The normalized spacial score (nSPS) is 12.2. The minimum atomic E-state index is -4.46. The minimum absolute atomic E-state index is 0.188. The molecule has 0 atom stereocenters. The van der Waals surface area contributed by atoms with Crippen LogP contribution in [0.2, 0.25) is 0 Å². The van der Waals surface area contributed by atoms with Gasteiger partial charge in [0.1, 0.15) is 0 Å². The maximum absolute atomic E-state index is 13.1. The Kier molecular flexibility index (Phi) is 4.16. The lowest BCUT2D eigenvalue weighted by Crippen LogP contribution is -2.37. The fourth-order valence-electron chi connectivity index (χ4n) is 3.84. The van der Waals surface area contributed by atoms with Gasteiger partial charge in [0.05, 0.1) is 11.3 Å². The van der Waals surface area contributed by atoms with E-state index in [-0.39, 0.29) is 11.2 Å². The number of alkyl halides is 3. The van der Waals surface area contributed by atoms with E-state index >= 15 is 0 Å². The van der Waals surface area contributed by atoms with Gasteiger partial charge >= 0.3 is 11.9 Å². The number of benzene rings is 2. The predicted molar refractivity (Wildman–Crippen MR) is 113 cm³/mol. The Morgan fingerprint density at radius 2 is 1.53 bits per heavy atom.